The highest BCUT2D eigenvalue weighted by atomic mass is 16.3. The first-order valence-electron chi connectivity index (χ1n) is 7.32. The van der Waals surface area contributed by atoms with Gasteiger partial charge in [-0.15, -0.1) is 0 Å². The molecular formula is C15H22N4O. The van der Waals surface area contributed by atoms with Crippen molar-refractivity contribution in [3.8, 4) is 0 Å². The molecule has 20 heavy (non-hydrogen) atoms. The predicted molar refractivity (Wildman–Crippen MR) is 79.6 cm³/mol. The molecule has 1 saturated carbocycles. The van der Waals surface area contributed by atoms with Gasteiger partial charge >= 0.3 is 0 Å². The summed E-state index contributed by atoms with van der Waals surface area (Å²) >= 11 is 0. The molecule has 0 atom stereocenters. The largest absolute Gasteiger partial charge is 0.467 e. The predicted octanol–water partition coefficient (Wildman–Crippen LogP) is 2.95. The zero-order chi connectivity index (χ0) is 14.1. The summed E-state index contributed by atoms with van der Waals surface area (Å²) in [5, 5.41) is 4.58. The molecule has 0 spiro atoms. The van der Waals surface area contributed by atoms with Crippen LogP contribution in [0.4, 0.5) is 11.5 Å². The topological polar surface area (TPSA) is 60.2 Å². The molecule has 0 bridgehead atoms. The molecule has 108 valence electrons. The third kappa shape index (κ3) is 2.40. The number of furan rings is 1. The van der Waals surface area contributed by atoms with Gasteiger partial charge in [-0.1, -0.05) is 6.92 Å². The van der Waals surface area contributed by atoms with E-state index in [1.807, 2.05) is 23.7 Å². The highest BCUT2D eigenvalue weighted by Crippen LogP contribution is 2.37. The number of anilines is 2. The number of hydrogen-bond acceptors (Lipinski definition) is 4. The number of nitrogen functional groups attached to an aromatic ring is 1. The number of nitrogens with two attached hydrogens (primary N) is 1. The van der Waals surface area contributed by atoms with Crippen LogP contribution in [0.25, 0.3) is 0 Å². The van der Waals surface area contributed by atoms with Gasteiger partial charge in [0.1, 0.15) is 5.76 Å². The second-order valence-corrected chi connectivity index (χ2v) is 5.48. The third-order valence-corrected chi connectivity index (χ3v) is 3.75. The van der Waals surface area contributed by atoms with E-state index in [1.165, 1.54) is 12.8 Å². The summed E-state index contributed by atoms with van der Waals surface area (Å²) in [6, 6.07) is 4.51. The second-order valence-electron chi connectivity index (χ2n) is 5.48. The van der Waals surface area contributed by atoms with E-state index in [9.17, 15) is 0 Å². The fourth-order valence-corrected chi connectivity index (χ4v) is 2.59. The molecule has 0 aromatic carbocycles. The van der Waals surface area contributed by atoms with Crippen LogP contribution in [0, 0.1) is 6.92 Å². The molecule has 3 rings (SSSR count). The molecule has 0 unspecified atom stereocenters. The zero-order valence-electron chi connectivity index (χ0n) is 12.2. The van der Waals surface area contributed by atoms with E-state index in [4.69, 9.17) is 10.2 Å². The molecule has 1 aliphatic rings. The van der Waals surface area contributed by atoms with Crippen molar-refractivity contribution in [1.82, 2.24) is 9.78 Å². The standard InChI is InChI=1S/C15H22N4O/c1-3-8-19-15(14(16)11(2)17-19)18(12-6-7-12)10-13-5-4-9-20-13/h4-5,9,12H,3,6-8,10,16H2,1-2H3. The van der Waals surface area contributed by atoms with E-state index in [2.05, 4.69) is 16.9 Å². The SMILES string of the molecule is CCCn1nc(C)c(N)c1N(Cc1ccco1)C1CC1. The molecule has 0 saturated heterocycles. The molecule has 0 radical (unpaired) electrons. The number of aryl methyl sites for hydroxylation is 2. The lowest BCUT2D eigenvalue weighted by atomic mass is 10.3. The quantitative estimate of drug-likeness (QED) is 0.879. The minimum Gasteiger partial charge on any atom is -0.467 e. The van der Waals surface area contributed by atoms with Crippen LogP contribution < -0.4 is 10.6 Å². The molecule has 0 aliphatic heterocycles. The number of nitrogens with zero attached hydrogens (tertiary/aromatic N) is 3. The molecule has 1 aliphatic carbocycles. The average Bonchev–Trinajstić information content (AvgIpc) is 3.08. The van der Waals surface area contributed by atoms with Crippen LogP contribution in [0.3, 0.4) is 0 Å². The van der Waals surface area contributed by atoms with Gasteiger partial charge in [0.05, 0.1) is 24.2 Å². The first-order valence-corrected chi connectivity index (χ1v) is 7.32. The summed E-state index contributed by atoms with van der Waals surface area (Å²) in [6.07, 6.45) is 5.21. The number of rotatable bonds is 6. The van der Waals surface area contributed by atoms with Gasteiger partial charge in [0, 0.05) is 12.6 Å². The maximum Gasteiger partial charge on any atom is 0.151 e. The molecule has 2 aromatic heterocycles. The van der Waals surface area contributed by atoms with Crippen LogP contribution >= 0.6 is 0 Å². The minimum absolute atomic E-state index is 0.564. The molecular weight excluding hydrogens is 252 g/mol. The zero-order valence-corrected chi connectivity index (χ0v) is 12.2. The van der Waals surface area contributed by atoms with Crippen LogP contribution in [0.15, 0.2) is 22.8 Å². The Morgan fingerprint density at radius 2 is 2.30 bits per heavy atom. The molecule has 2 heterocycles. The molecule has 2 N–H and O–H groups in total. The van der Waals surface area contributed by atoms with Gasteiger partial charge in [0.15, 0.2) is 5.82 Å². The maximum atomic E-state index is 6.27. The molecule has 0 amide bonds. The smallest absolute Gasteiger partial charge is 0.151 e. The Morgan fingerprint density at radius 3 is 2.90 bits per heavy atom. The minimum atomic E-state index is 0.564. The van der Waals surface area contributed by atoms with Crippen LogP contribution in [0.5, 0.6) is 0 Å². The van der Waals surface area contributed by atoms with Crippen molar-refractivity contribution >= 4 is 11.5 Å². The Hall–Kier alpha value is -1.91. The first kappa shape index (κ1) is 13.1. The Balaban J connectivity index is 1.94. The van der Waals surface area contributed by atoms with E-state index >= 15 is 0 Å². The maximum absolute atomic E-state index is 6.27. The van der Waals surface area contributed by atoms with Crippen LogP contribution in [0.2, 0.25) is 0 Å². The second kappa shape index (κ2) is 5.23. The van der Waals surface area contributed by atoms with E-state index in [1.54, 1.807) is 6.26 Å². The van der Waals surface area contributed by atoms with Crippen molar-refractivity contribution in [3.05, 3.63) is 29.9 Å². The summed E-state index contributed by atoms with van der Waals surface area (Å²) in [6.45, 7) is 5.79. The van der Waals surface area contributed by atoms with Gasteiger partial charge < -0.3 is 15.1 Å². The van der Waals surface area contributed by atoms with Crippen molar-refractivity contribution in [3.63, 3.8) is 0 Å². The Bertz CT molecular complexity index is 569. The summed E-state index contributed by atoms with van der Waals surface area (Å²) in [5.41, 5.74) is 7.99. The summed E-state index contributed by atoms with van der Waals surface area (Å²) in [5.74, 6) is 2.03. The van der Waals surface area contributed by atoms with Gasteiger partial charge in [-0.2, -0.15) is 5.10 Å². The molecule has 5 heteroatoms. The Labute approximate surface area is 119 Å². The lowest BCUT2D eigenvalue weighted by molar-refractivity contribution is 0.494. The third-order valence-electron chi connectivity index (χ3n) is 3.75. The van der Waals surface area contributed by atoms with Gasteiger partial charge in [0.25, 0.3) is 0 Å². The van der Waals surface area contributed by atoms with E-state index < -0.39 is 0 Å². The molecule has 2 aromatic rings. The molecule has 5 nitrogen and oxygen atoms in total. The fraction of sp³-hybridized carbons (Fsp3) is 0.533. The highest BCUT2D eigenvalue weighted by molar-refractivity contribution is 5.67. The van der Waals surface area contributed by atoms with Gasteiger partial charge in [-0.3, -0.25) is 0 Å². The van der Waals surface area contributed by atoms with Crippen molar-refractivity contribution in [2.75, 3.05) is 10.6 Å². The fourth-order valence-electron chi connectivity index (χ4n) is 2.59. The van der Waals surface area contributed by atoms with E-state index in [-0.39, 0.29) is 0 Å². The van der Waals surface area contributed by atoms with Crippen molar-refractivity contribution < 1.29 is 4.42 Å². The molecule has 1 fully saturated rings. The number of hydrogen-bond donors (Lipinski definition) is 1. The number of aromatic nitrogens is 2. The van der Waals surface area contributed by atoms with Gasteiger partial charge in [-0.25, -0.2) is 4.68 Å². The van der Waals surface area contributed by atoms with Crippen molar-refractivity contribution in [2.24, 2.45) is 0 Å². The van der Waals surface area contributed by atoms with E-state index in [0.29, 0.717) is 6.04 Å². The normalized spacial score (nSPS) is 14.7. The van der Waals surface area contributed by atoms with Gasteiger partial charge in [-0.05, 0) is 38.3 Å². The lowest BCUT2D eigenvalue weighted by Gasteiger charge is -2.25. The monoisotopic (exact) mass is 274 g/mol. The highest BCUT2D eigenvalue weighted by Gasteiger charge is 2.33. The Kier molecular flexibility index (Phi) is 3.42. The van der Waals surface area contributed by atoms with Crippen LogP contribution in [-0.2, 0) is 13.1 Å². The van der Waals surface area contributed by atoms with Crippen molar-refractivity contribution in [2.45, 2.75) is 52.2 Å². The van der Waals surface area contributed by atoms with Crippen LogP contribution in [0.1, 0.15) is 37.6 Å². The summed E-state index contributed by atoms with van der Waals surface area (Å²) in [7, 11) is 0. The average molecular weight is 274 g/mol. The van der Waals surface area contributed by atoms with Crippen LogP contribution in [-0.4, -0.2) is 15.8 Å². The lowest BCUT2D eigenvalue weighted by Crippen LogP contribution is -2.28. The summed E-state index contributed by atoms with van der Waals surface area (Å²) in [4.78, 5) is 2.35. The summed E-state index contributed by atoms with van der Waals surface area (Å²) < 4.78 is 7.55. The van der Waals surface area contributed by atoms with E-state index in [0.717, 1.165) is 42.5 Å². The first-order chi connectivity index (χ1) is 9.70. The van der Waals surface area contributed by atoms with Crippen molar-refractivity contribution in [1.29, 1.82) is 0 Å². The Morgan fingerprint density at radius 1 is 1.50 bits per heavy atom. The van der Waals surface area contributed by atoms with Gasteiger partial charge in [0.2, 0.25) is 0 Å².